The van der Waals surface area contributed by atoms with Gasteiger partial charge in [-0.2, -0.15) is 0 Å². The van der Waals surface area contributed by atoms with Crippen LogP contribution < -0.4 is 9.57 Å². The number of hydroxylamine groups is 2. The summed E-state index contributed by atoms with van der Waals surface area (Å²) >= 11 is 0. The number of amidine groups is 2. The topological polar surface area (TPSA) is 164 Å². The molecule has 5 rings (SSSR count). The summed E-state index contributed by atoms with van der Waals surface area (Å²) in [6.07, 6.45) is 0. The summed E-state index contributed by atoms with van der Waals surface area (Å²) in [5.74, 6) is 0.481. The van der Waals surface area contributed by atoms with Crippen molar-refractivity contribution in [2.45, 2.75) is 19.6 Å². The van der Waals surface area contributed by atoms with Gasteiger partial charge in [-0.15, -0.1) is 10.1 Å². The van der Waals surface area contributed by atoms with Gasteiger partial charge in [-0.1, -0.05) is 0 Å². The van der Waals surface area contributed by atoms with Crippen LogP contribution in [0.5, 0.6) is 23.0 Å². The highest BCUT2D eigenvalue weighted by molar-refractivity contribution is 7.91. The summed E-state index contributed by atoms with van der Waals surface area (Å²) in [6, 6.07) is 21.7. The van der Waals surface area contributed by atoms with Crippen LogP contribution >= 0.6 is 0 Å². The lowest BCUT2D eigenvalue weighted by atomic mass is 10.3. The first-order valence-corrected chi connectivity index (χ1v) is 15.1. The molecule has 0 aromatic heterocycles. The normalized spacial score (nSPS) is 13.6. The Labute approximate surface area is 241 Å². The number of nitrogens with zero attached hydrogens (tertiary/aromatic N) is 3. The van der Waals surface area contributed by atoms with Gasteiger partial charge in [-0.05, 0) is 97.1 Å². The number of ether oxygens (including phenoxy) is 2. The van der Waals surface area contributed by atoms with Gasteiger partial charge >= 0.3 is 12.0 Å². The minimum absolute atomic E-state index is 0.00678. The molecule has 0 radical (unpaired) electrons. The Morgan fingerprint density at radius 2 is 1.05 bits per heavy atom. The first-order valence-electron chi connectivity index (χ1n) is 12.2. The lowest BCUT2D eigenvalue weighted by molar-refractivity contribution is -0.00548. The third-order valence-corrected chi connectivity index (χ3v) is 9.48. The minimum Gasteiger partial charge on any atom is -0.508 e. The van der Waals surface area contributed by atoms with E-state index in [1.165, 1.54) is 109 Å². The van der Waals surface area contributed by atoms with E-state index in [4.69, 9.17) is 14.3 Å². The Hall–Kier alpha value is -5.08. The first kappa shape index (κ1) is 28.4. The molecule has 4 aromatic rings. The maximum atomic E-state index is 12.8. The zero-order valence-corrected chi connectivity index (χ0v) is 23.5. The van der Waals surface area contributed by atoms with Crippen LogP contribution in [0.15, 0.2) is 127 Å². The van der Waals surface area contributed by atoms with Crippen LogP contribution in [0.25, 0.3) is 0 Å². The van der Waals surface area contributed by atoms with Crippen molar-refractivity contribution in [3.63, 3.8) is 0 Å². The predicted molar refractivity (Wildman–Crippen MR) is 150 cm³/mol. The van der Waals surface area contributed by atoms with Gasteiger partial charge in [0.1, 0.15) is 17.2 Å². The standard InChI is InChI=1S/C28H23N3O9S2/c1-38-28-30-27(39-21-6-14-25(15-7-21)41(34,35)23-10-2-19(32)3-11-23)29-18-31(28)40-22-8-16-26(17-9-22)42(36,37)24-12-4-20(33)5-13-24/h2-17,32-33H,18H2,1H3. The van der Waals surface area contributed by atoms with E-state index < -0.39 is 19.7 Å². The van der Waals surface area contributed by atoms with E-state index in [0.717, 1.165) is 0 Å². The lowest BCUT2D eigenvalue weighted by Crippen LogP contribution is -2.39. The molecule has 0 fully saturated rings. The molecule has 0 spiro atoms. The quantitative estimate of drug-likeness (QED) is 0.315. The molecule has 14 heteroatoms. The average Bonchev–Trinajstić information content (AvgIpc) is 2.99. The van der Waals surface area contributed by atoms with E-state index in [2.05, 4.69) is 9.98 Å². The summed E-state index contributed by atoms with van der Waals surface area (Å²) in [7, 11) is -6.22. The molecule has 12 nitrogen and oxygen atoms in total. The fourth-order valence-corrected chi connectivity index (χ4v) is 6.27. The molecule has 42 heavy (non-hydrogen) atoms. The van der Waals surface area contributed by atoms with Crippen molar-refractivity contribution < 1.29 is 41.4 Å². The monoisotopic (exact) mass is 609 g/mol. The zero-order valence-electron chi connectivity index (χ0n) is 21.9. The van der Waals surface area contributed by atoms with Crippen molar-refractivity contribution in [1.82, 2.24) is 5.06 Å². The van der Waals surface area contributed by atoms with Crippen LogP contribution in [0.4, 0.5) is 0 Å². The molecule has 4 aromatic carbocycles. The Balaban J connectivity index is 1.24. The maximum absolute atomic E-state index is 12.8. The fraction of sp³-hybridized carbons (Fsp3) is 0.0714. The lowest BCUT2D eigenvalue weighted by Gasteiger charge is -2.25. The molecule has 1 heterocycles. The van der Waals surface area contributed by atoms with E-state index in [1.807, 2.05) is 0 Å². The van der Waals surface area contributed by atoms with Gasteiger partial charge in [0.15, 0.2) is 12.4 Å². The molecule has 0 saturated carbocycles. The third kappa shape index (κ3) is 5.99. The molecule has 216 valence electrons. The second-order valence-electron chi connectivity index (χ2n) is 8.69. The Morgan fingerprint density at radius 3 is 1.48 bits per heavy atom. The largest absolute Gasteiger partial charge is 0.508 e. The van der Waals surface area contributed by atoms with E-state index in [-0.39, 0.29) is 61.3 Å². The van der Waals surface area contributed by atoms with E-state index in [1.54, 1.807) is 0 Å². The smallest absolute Gasteiger partial charge is 0.332 e. The summed E-state index contributed by atoms with van der Waals surface area (Å²) in [5.41, 5.74) is 0. The highest BCUT2D eigenvalue weighted by atomic mass is 32.2. The van der Waals surface area contributed by atoms with Crippen LogP contribution in [0.2, 0.25) is 0 Å². The Bertz CT molecular complexity index is 1860. The zero-order chi connectivity index (χ0) is 29.9. The second-order valence-corrected chi connectivity index (χ2v) is 12.6. The molecule has 1 aliphatic heterocycles. The number of aromatic hydroxyl groups is 2. The van der Waals surface area contributed by atoms with Crippen LogP contribution in [0.3, 0.4) is 0 Å². The molecule has 2 N–H and O–H groups in total. The molecule has 0 atom stereocenters. The molecular weight excluding hydrogens is 586 g/mol. The van der Waals surface area contributed by atoms with Gasteiger partial charge in [0.05, 0.1) is 26.7 Å². The molecule has 0 saturated heterocycles. The number of hydrogen-bond donors (Lipinski definition) is 2. The van der Waals surface area contributed by atoms with E-state index in [9.17, 15) is 27.0 Å². The summed E-state index contributed by atoms with van der Waals surface area (Å²) in [6.45, 7) is -0.0805. The molecule has 0 bridgehead atoms. The first-order chi connectivity index (χ1) is 20.1. The molecular formula is C28H23N3O9S2. The number of hydrogen-bond acceptors (Lipinski definition) is 12. The minimum atomic E-state index is -3.79. The van der Waals surface area contributed by atoms with Crippen LogP contribution in [-0.4, -0.2) is 57.9 Å². The molecule has 0 unspecified atom stereocenters. The van der Waals surface area contributed by atoms with Crippen LogP contribution in [0.1, 0.15) is 0 Å². The SMILES string of the molecule is COC1=NC(Oc2ccc(S(=O)(=O)c3ccc(O)cc3)cc2)=NCN1Oc1ccc(S(=O)(=O)c2ccc(O)cc2)cc1. The van der Waals surface area contributed by atoms with Crippen molar-refractivity contribution in [3.05, 3.63) is 97.1 Å². The van der Waals surface area contributed by atoms with Gasteiger partial charge in [0.2, 0.25) is 19.7 Å². The van der Waals surface area contributed by atoms with Gasteiger partial charge in [0.25, 0.3) is 0 Å². The van der Waals surface area contributed by atoms with Crippen molar-refractivity contribution in [1.29, 1.82) is 0 Å². The predicted octanol–water partition coefficient (Wildman–Crippen LogP) is 3.77. The molecule has 0 amide bonds. The van der Waals surface area contributed by atoms with Gasteiger partial charge in [-0.25, -0.2) is 21.8 Å². The highest BCUT2D eigenvalue weighted by Gasteiger charge is 2.23. The van der Waals surface area contributed by atoms with Crippen molar-refractivity contribution in [2.24, 2.45) is 9.98 Å². The molecule has 0 aliphatic carbocycles. The van der Waals surface area contributed by atoms with E-state index >= 15 is 0 Å². The van der Waals surface area contributed by atoms with E-state index in [0.29, 0.717) is 0 Å². The number of benzene rings is 4. The Kier molecular flexibility index (Phi) is 7.74. The van der Waals surface area contributed by atoms with Gasteiger partial charge in [-0.3, -0.25) is 0 Å². The summed E-state index contributed by atoms with van der Waals surface area (Å²) in [4.78, 5) is 14.3. The fourth-order valence-electron chi connectivity index (χ4n) is 3.75. The number of sulfone groups is 2. The average molecular weight is 610 g/mol. The highest BCUT2D eigenvalue weighted by Crippen LogP contribution is 2.27. The van der Waals surface area contributed by atoms with Gasteiger partial charge < -0.3 is 24.5 Å². The second kappa shape index (κ2) is 11.4. The van der Waals surface area contributed by atoms with Gasteiger partial charge in [0, 0.05) is 0 Å². The van der Waals surface area contributed by atoms with Crippen LogP contribution in [0, 0.1) is 0 Å². The number of rotatable bonds is 7. The summed E-state index contributed by atoms with van der Waals surface area (Å²) in [5, 5.41) is 20.1. The number of methoxy groups -OCH3 is 1. The van der Waals surface area contributed by atoms with Crippen molar-refractivity contribution >= 4 is 31.7 Å². The molecule has 1 aliphatic rings. The third-order valence-electron chi connectivity index (χ3n) is 5.91. The Morgan fingerprint density at radius 1 is 0.643 bits per heavy atom. The maximum Gasteiger partial charge on any atom is 0.332 e. The van der Waals surface area contributed by atoms with Crippen molar-refractivity contribution in [3.8, 4) is 23.0 Å². The van der Waals surface area contributed by atoms with Crippen molar-refractivity contribution in [2.75, 3.05) is 13.8 Å². The number of phenolic OH excluding ortho intramolecular Hbond substituents is 2. The number of aliphatic imine (C=N–C) groups is 2. The number of phenols is 2. The summed E-state index contributed by atoms with van der Waals surface area (Å²) < 4.78 is 62.3. The van der Waals surface area contributed by atoms with Crippen LogP contribution in [-0.2, 0) is 24.4 Å².